The molecule has 0 amide bonds. The fourth-order valence-electron chi connectivity index (χ4n) is 3.80. The number of nitriles is 1. The highest BCUT2D eigenvalue weighted by atomic mass is 16.7. The molecule has 0 bridgehead atoms. The zero-order valence-corrected chi connectivity index (χ0v) is 19.6. The van der Waals surface area contributed by atoms with E-state index in [1.807, 2.05) is 56.3 Å². The highest BCUT2D eigenvalue weighted by Gasteiger charge is 2.37. The molecule has 1 unspecified atom stereocenters. The minimum Gasteiger partial charge on any atom is -0.458 e. The average molecular weight is 471 g/mol. The SMILES string of the molecule is C=CCOC(=O)[C@H](Oc1nc(-c2ccccc2)cc(C2COC(C)(C)O2)c1C#N)c1ccccc1. The van der Waals surface area contributed by atoms with Gasteiger partial charge in [0.25, 0.3) is 0 Å². The standard InChI is InChI=1S/C28H26N2O5/c1-4-15-32-27(31)25(20-13-9-6-10-14-20)34-26-22(17-29)21(24-18-33-28(2,3)35-24)16-23(30-26)19-11-7-5-8-12-19/h4-14,16,24-25H,1,15,18H2,2-3H3/t24?,25-/m1/s1. The van der Waals surface area contributed by atoms with Gasteiger partial charge in [0.1, 0.15) is 24.3 Å². The van der Waals surface area contributed by atoms with Gasteiger partial charge in [-0.15, -0.1) is 0 Å². The molecule has 1 aliphatic rings. The maximum absolute atomic E-state index is 12.9. The van der Waals surface area contributed by atoms with Crippen LogP contribution in [0.15, 0.2) is 79.4 Å². The molecule has 0 spiro atoms. The highest BCUT2D eigenvalue weighted by Crippen LogP contribution is 2.39. The molecule has 3 aromatic rings. The maximum atomic E-state index is 12.9. The molecular weight excluding hydrogens is 444 g/mol. The van der Waals surface area contributed by atoms with Gasteiger partial charge in [-0.25, -0.2) is 9.78 Å². The summed E-state index contributed by atoms with van der Waals surface area (Å²) in [5, 5.41) is 10.1. The Morgan fingerprint density at radius 2 is 1.91 bits per heavy atom. The molecule has 0 radical (unpaired) electrons. The molecule has 0 aliphatic carbocycles. The lowest BCUT2D eigenvalue weighted by Gasteiger charge is -2.22. The summed E-state index contributed by atoms with van der Waals surface area (Å²) in [4.78, 5) is 17.6. The lowest BCUT2D eigenvalue weighted by Crippen LogP contribution is -2.23. The van der Waals surface area contributed by atoms with Gasteiger partial charge in [0.15, 0.2) is 5.79 Å². The molecule has 35 heavy (non-hydrogen) atoms. The zero-order valence-electron chi connectivity index (χ0n) is 19.6. The number of benzene rings is 2. The monoisotopic (exact) mass is 470 g/mol. The van der Waals surface area contributed by atoms with Crippen LogP contribution in [0.3, 0.4) is 0 Å². The second kappa shape index (κ2) is 10.5. The van der Waals surface area contributed by atoms with Crippen LogP contribution in [-0.2, 0) is 19.0 Å². The number of aromatic nitrogens is 1. The summed E-state index contributed by atoms with van der Waals surface area (Å²) in [6, 6.07) is 22.4. The van der Waals surface area contributed by atoms with Crippen molar-refractivity contribution < 1.29 is 23.7 Å². The quantitative estimate of drug-likeness (QED) is 0.326. The van der Waals surface area contributed by atoms with Crippen LogP contribution in [0.1, 0.15) is 42.7 Å². The average Bonchev–Trinajstić information content (AvgIpc) is 3.25. The fraction of sp³-hybridized carbons (Fsp3) is 0.250. The van der Waals surface area contributed by atoms with E-state index in [9.17, 15) is 10.1 Å². The third-order valence-corrected chi connectivity index (χ3v) is 5.44. The Balaban J connectivity index is 1.82. The number of nitrogens with zero attached hydrogens (tertiary/aromatic N) is 2. The summed E-state index contributed by atoms with van der Waals surface area (Å²) < 4.78 is 23.2. The second-order valence-corrected chi connectivity index (χ2v) is 8.40. The molecule has 2 heterocycles. The first-order valence-electron chi connectivity index (χ1n) is 11.2. The summed E-state index contributed by atoms with van der Waals surface area (Å²) >= 11 is 0. The largest absolute Gasteiger partial charge is 0.458 e. The van der Waals surface area contributed by atoms with Gasteiger partial charge in [0, 0.05) is 16.7 Å². The van der Waals surface area contributed by atoms with E-state index in [-0.39, 0.29) is 24.7 Å². The van der Waals surface area contributed by atoms with Gasteiger partial charge in [-0.05, 0) is 19.9 Å². The first-order chi connectivity index (χ1) is 16.9. The molecule has 0 N–H and O–H groups in total. The zero-order chi connectivity index (χ0) is 24.8. The fourth-order valence-corrected chi connectivity index (χ4v) is 3.80. The van der Waals surface area contributed by atoms with Gasteiger partial charge in [-0.1, -0.05) is 73.3 Å². The Morgan fingerprint density at radius 1 is 1.23 bits per heavy atom. The maximum Gasteiger partial charge on any atom is 0.352 e. The number of pyridine rings is 1. The van der Waals surface area contributed by atoms with Crippen molar-refractivity contribution in [2.45, 2.75) is 31.8 Å². The molecule has 1 aromatic heterocycles. The van der Waals surface area contributed by atoms with Gasteiger partial charge < -0.3 is 18.9 Å². The van der Waals surface area contributed by atoms with Crippen LogP contribution in [0.25, 0.3) is 11.3 Å². The molecule has 2 atom stereocenters. The Morgan fingerprint density at radius 3 is 2.51 bits per heavy atom. The van der Waals surface area contributed by atoms with Gasteiger partial charge in [0.05, 0.1) is 12.3 Å². The summed E-state index contributed by atoms with van der Waals surface area (Å²) in [6.07, 6.45) is -0.158. The summed E-state index contributed by atoms with van der Waals surface area (Å²) in [6.45, 7) is 7.52. The van der Waals surface area contributed by atoms with Crippen LogP contribution in [0.2, 0.25) is 0 Å². The minimum atomic E-state index is -1.13. The summed E-state index contributed by atoms with van der Waals surface area (Å²) in [7, 11) is 0. The lowest BCUT2D eigenvalue weighted by molar-refractivity contribution is -0.151. The van der Waals surface area contributed by atoms with Crippen LogP contribution in [-0.4, -0.2) is 30.0 Å². The van der Waals surface area contributed by atoms with Crippen molar-refractivity contribution in [2.24, 2.45) is 0 Å². The molecule has 0 saturated carbocycles. The molecule has 2 aromatic carbocycles. The third-order valence-electron chi connectivity index (χ3n) is 5.44. The Hall–Kier alpha value is -3.99. The minimum absolute atomic E-state index is 0.0153. The molecule has 7 heteroatoms. The first-order valence-corrected chi connectivity index (χ1v) is 11.2. The van der Waals surface area contributed by atoms with E-state index in [1.54, 1.807) is 24.3 Å². The number of esters is 1. The number of hydrogen-bond donors (Lipinski definition) is 0. The lowest BCUT2D eigenvalue weighted by atomic mass is 10.0. The number of carbonyl (C=O) groups is 1. The number of rotatable bonds is 8. The van der Waals surface area contributed by atoms with E-state index in [4.69, 9.17) is 18.9 Å². The molecule has 1 aliphatic heterocycles. The third kappa shape index (κ3) is 5.57. The van der Waals surface area contributed by atoms with Crippen LogP contribution >= 0.6 is 0 Å². The van der Waals surface area contributed by atoms with E-state index in [0.29, 0.717) is 16.8 Å². The molecule has 7 nitrogen and oxygen atoms in total. The predicted octanol–water partition coefficient (Wildman–Crippen LogP) is 5.29. The van der Waals surface area contributed by atoms with Gasteiger partial charge in [-0.2, -0.15) is 5.26 Å². The van der Waals surface area contributed by atoms with E-state index in [2.05, 4.69) is 17.6 Å². The van der Waals surface area contributed by atoms with E-state index >= 15 is 0 Å². The van der Waals surface area contributed by atoms with Crippen molar-refractivity contribution in [1.82, 2.24) is 4.98 Å². The van der Waals surface area contributed by atoms with Gasteiger partial charge in [0.2, 0.25) is 12.0 Å². The van der Waals surface area contributed by atoms with Crippen molar-refractivity contribution >= 4 is 5.97 Å². The summed E-state index contributed by atoms with van der Waals surface area (Å²) in [5.41, 5.74) is 2.73. The highest BCUT2D eigenvalue weighted by molar-refractivity contribution is 5.77. The van der Waals surface area contributed by atoms with Crippen LogP contribution in [0, 0.1) is 11.3 Å². The Labute approximate surface area is 204 Å². The molecular formula is C28H26N2O5. The molecule has 4 rings (SSSR count). The van der Waals surface area contributed by atoms with E-state index in [0.717, 1.165) is 5.56 Å². The van der Waals surface area contributed by atoms with Crippen molar-refractivity contribution in [3.63, 3.8) is 0 Å². The van der Waals surface area contributed by atoms with Crippen molar-refractivity contribution in [2.75, 3.05) is 13.2 Å². The first kappa shape index (κ1) is 24.1. The van der Waals surface area contributed by atoms with Crippen molar-refractivity contribution in [1.29, 1.82) is 5.26 Å². The second-order valence-electron chi connectivity index (χ2n) is 8.40. The molecule has 1 fully saturated rings. The summed E-state index contributed by atoms with van der Waals surface area (Å²) in [5.74, 6) is -1.40. The van der Waals surface area contributed by atoms with Crippen LogP contribution in [0.4, 0.5) is 0 Å². The smallest absolute Gasteiger partial charge is 0.352 e. The number of ether oxygens (including phenoxy) is 4. The van der Waals surface area contributed by atoms with E-state index < -0.39 is 24.0 Å². The molecule has 1 saturated heterocycles. The number of hydrogen-bond acceptors (Lipinski definition) is 7. The predicted molar refractivity (Wildman–Crippen MR) is 129 cm³/mol. The van der Waals surface area contributed by atoms with Crippen molar-refractivity contribution in [3.05, 3.63) is 96.1 Å². The topological polar surface area (TPSA) is 90.7 Å². The van der Waals surface area contributed by atoms with E-state index in [1.165, 1.54) is 6.08 Å². The van der Waals surface area contributed by atoms with Crippen LogP contribution < -0.4 is 4.74 Å². The van der Waals surface area contributed by atoms with Gasteiger partial charge in [-0.3, -0.25) is 0 Å². The van der Waals surface area contributed by atoms with Crippen molar-refractivity contribution in [3.8, 4) is 23.2 Å². The Bertz CT molecular complexity index is 1240. The van der Waals surface area contributed by atoms with Crippen LogP contribution in [0.5, 0.6) is 5.88 Å². The Kier molecular flexibility index (Phi) is 7.25. The normalized spacial score (nSPS) is 17.2. The van der Waals surface area contributed by atoms with Gasteiger partial charge >= 0.3 is 5.97 Å². The number of carbonyl (C=O) groups excluding carboxylic acids is 1. The molecule has 178 valence electrons.